The molecule has 3 aromatic rings. The van der Waals surface area contributed by atoms with Gasteiger partial charge in [0.05, 0.1) is 11.8 Å². The number of carbonyl (C=O) groups excluding carboxylic acids is 2. The Bertz CT molecular complexity index is 1140. The van der Waals surface area contributed by atoms with Crippen molar-refractivity contribution in [2.24, 2.45) is 0 Å². The number of nitrogens with one attached hydrogen (secondary N) is 1. The molecule has 0 unspecified atom stereocenters. The van der Waals surface area contributed by atoms with Crippen molar-refractivity contribution in [1.82, 2.24) is 10.2 Å². The molecule has 1 fully saturated rings. The Balaban J connectivity index is 1.41. The van der Waals surface area contributed by atoms with Crippen LogP contribution < -0.4 is 5.32 Å². The zero-order valence-corrected chi connectivity index (χ0v) is 21.1. The third-order valence-corrected chi connectivity index (χ3v) is 7.50. The first-order valence-corrected chi connectivity index (χ1v) is 12.7. The molecule has 0 aliphatic carbocycles. The summed E-state index contributed by atoms with van der Waals surface area (Å²) in [4.78, 5) is 27.3. The molecule has 1 aliphatic rings. The van der Waals surface area contributed by atoms with E-state index in [2.05, 4.69) is 50.4 Å². The van der Waals surface area contributed by atoms with E-state index in [1.165, 1.54) is 5.56 Å². The van der Waals surface area contributed by atoms with Crippen LogP contribution in [0.4, 0.5) is 0 Å². The summed E-state index contributed by atoms with van der Waals surface area (Å²) in [5.41, 5.74) is 5.22. The Morgan fingerprint density at radius 1 is 1.00 bits per heavy atom. The van der Waals surface area contributed by atoms with E-state index in [4.69, 9.17) is 0 Å². The summed E-state index contributed by atoms with van der Waals surface area (Å²) in [6.45, 7) is 9.17. The van der Waals surface area contributed by atoms with E-state index >= 15 is 0 Å². The number of thioether (sulfide) groups is 1. The summed E-state index contributed by atoms with van der Waals surface area (Å²) in [7, 11) is 0. The highest BCUT2D eigenvalue weighted by atomic mass is 32.2. The van der Waals surface area contributed by atoms with Gasteiger partial charge in [0.2, 0.25) is 5.91 Å². The van der Waals surface area contributed by atoms with Crippen molar-refractivity contribution >= 4 is 23.6 Å². The van der Waals surface area contributed by atoms with Crippen molar-refractivity contribution in [2.75, 3.05) is 5.75 Å². The van der Waals surface area contributed by atoms with Crippen LogP contribution in [0.2, 0.25) is 0 Å². The molecule has 2 atom stereocenters. The molecule has 5 heteroatoms. The smallest absolute Gasteiger partial charge is 0.251 e. The summed E-state index contributed by atoms with van der Waals surface area (Å²) >= 11 is 1.63. The third kappa shape index (κ3) is 5.53. The number of carbonyl (C=O) groups is 2. The third-order valence-electron chi connectivity index (χ3n) is 6.25. The van der Waals surface area contributed by atoms with Gasteiger partial charge >= 0.3 is 0 Å². The molecule has 0 aromatic heterocycles. The molecular weight excluding hydrogens is 440 g/mol. The van der Waals surface area contributed by atoms with Crippen molar-refractivity contribution in [3.63, 3.8) is 0 Å². The molecule has 1 saturated heterocycles. The normalized spacial score (nSPS) is 17.0. The Labute approximate surface area is 206 Å². The molecule has 0 saturated carbocycles. The molecule has 1 N–H and O–H groups in total. The van der Waals surface area contributed by atoms with Crippen LogP contribution in [0.15, 0.2) is 78.9 Å². The minimum Gasteiger partial charge on any atom is -0.346 e. The quantitative estimate of drug-likeness (QED) is 0.461. The number of hydrogen-bond donors (Lipinski definition) is 1. The van der Waals surface area contributed by atoms with Gasteiger partial charge in [-0.3, -0.25) is 9.59 Å². The molecule has 0 spiro atoms. The van der Waals surface area contributed by atoms with Gasteiger partial charge in [-0.15, -0.1) is 11.8 Å². The molecule has 34 heavy (non-hydrogen) atoms. The van der Waals surface area contributed by atoms with Gasteiger partial charge in [-0.2, -0.15) is 0 Å². The number of benzene rings is 3. The van der Waals surface area contributed by atoms with Crippen LogP contribution in [0.25, 0.3) is 0 Å². The predicted molar refractivity (Wildman–Crippen MR) is 140 cm³/mol. The molecule has 2 amide bonds. The van der Waals surface area contributed by atoms with E-state index in [1.54, 1.807) is 11.8 Å². The minimum absolute atomic E-state index is 0.0370. The standard InChI is InChI=1S/C29H32N2O2S/c1-20(22-14-16-25(17-15-22)29(2,3)4)30-27(33)23-10-12-24(13-11-23)28-31(26(32)19-34-28)18-21-8-6-5-7-9-21/h5-17,20,28H,18-19H2,1-4H3,(H,30,33)/t20-,28-/m1/s1. The maximum atomic E-state index is 12.9. The van der Waals surface area contributed by atoms with Gasteiger partial charge in [0, 0.05) is 12.1 Å². The first-order valence-electron chi connectivity index (χ1n) is 11.7. The Morgan fingerprint density at radius 2 is 1.65 bits per heavy atom. The van der Waals surface area contributed by atoms with Crippen molar-refractivity contribution in [3.05, 3.63) is 107 Å². The van der Waals surface area contributed by atoms with Crippen LogP contribution in [0.5, 0.6) is 0 Å². The number of nitrogens with zero attached hydrogens (tertiary/aromatic N) is 1. The Hall–Kier alpha value is -3.05. The van der Waals surface area contributed by atoms with Gasteiger partial charge < -0.3 is 10.2 Å². The summed E-state index contributed by atoms with van der Waals surface area (Å²) in [6, 6.07) is 26.0. The summed E-state index contributed by atoms with van der Waals surface area (Å²) < 4.78 is 0. The van der Waals surface area contributed by atoms with Gasteiger partial charge in [-0.05, 0) is 46.7 Å². The topological polar surface area (TPSA) is 49.4 Å². The lowest BCUT2D eigenvalue weighted by Crippen LogP contribution is -2.28. The van der Waals surface area contributed by atoms with Crippen LogP contribution >= 0.6 is 11.8 Å². The van der Waals surface area contributed by atoms with Crippen molar-refractivity contribution in [3.8, 4) is 0 Å². The SMILES string of the molecule is C[C@@H](NC(=O)c1ccc([C@H]2SCC(=O)N2Cc2ccccc2)cc1)c1ccc(C(C)(C)C)cc1. The maximum absolute atomic E-state index is 12.9. The van der Waals surface area contributed by atoms with Crippen LogP contribution in [0.3, 0.4) is 0 Å². The molecule has 176 valence electrons. The summed E-state index contributed by atoms with van der Waals surface area (Å²) in [6.07, 6.45) is 0. The lowest BCUT2D eigenvalue weighted by molar-refractivity contribution is -0.128. The summed E-state index contributed by atoms with van der Waals surface area (Å²) in [5.74, 6) is 0.521. The van der Waals surface area contributed by atoms with Crippen molar-refractivity contribution < 1.29 is 9.59 Å². The van der Waals surface area contributed by atoms with E-state index in [0.29, 0.717) is 17.9 Å². The van der Waals surface area contributed by atoms with Crippen molar-refractivity contribution in [1.29, 1.82) is 0 Å². The minimum atomic E-state index is -0.102. The monoisotopic (exact) mass is 472 g/mol. The predicted octanol–water partition coefficient (Wildman–Crippen LogP) is 6.25. The number of rotatable bonds is 6. The Morgan fingerprint density at radius 3 is 2.26 bits per heavy atom. The number of amides is 2. The van der Waals surface area contributed by atoms with Gasteiger partial charge in [0.1, 0.15) is 5.37 Å². The zero-order chi connectivity index (χ0) is 24.3. The van der Waals surface area contributed by atoms with Crippen LogP contribution in [0.1, 0.15) is 71.7 Å². The molecule has 0 bridgehead atoms. The van der Waals surface area contributed by atoms with Gasteiger partial charge in [-0.1, -0.05) is 87.5 Å². The van der Waals surface area contributed by atoms with Crippen LogP contribution in [-0.2, 0) is 16.8 Å². The van der Waals surface area contributed by atoms with Crippen LogP contribution in [0, 0.1) is 0 Å². The molecule has 0 radical (unpaired) electrons. The number of hydrogen-bond acceptors (Lipinski definition) is 3. The highest BCUT2D eigenvalue weighted by Gasteiger charge is 2.32. The highest BCUT2D eigenvalue weighted by Crippen LogP contribution is 2.39. The second-order valence-corrected chi connectivity index (χ2v) is 10.9. The average Bonchev–Trinajstić information content (AvgIpc) is 3.19. The van der Waals surface area contributed by atoms with Gasteiger partial charge in [0.15, 0.2) is 0 Å². The first-order chi connectivity index (χ1) is 16.2. The molecule has 1 aliphatic heterocycles. The highest BCUT2D eigenvalue weighted by molar-refractivity contribution is 8.00. The molecular formula is C29H32N2O2S. The van der Waals surface area contributed by atoms with E-state index in [1.807, 2.05) is 66.4 Å². The summed E-state index contributed by atoms with van der Waals surface area (Å²) in [5, 5.41) is 3.06. The fourth-order valence-electron chi connectivity index (χ4n) is 4.12. The fraction of sp³-hybridized carbons (Fsp3) is 0.310. The molecule has 4 rings (SSSR count). The largest absolute Gasteiger partial charge is 0.346 e. The lowest BCUT2D eigenvalue weighted by atomic mass is 9.86. The second kappa shape index (κ2) is 10.1. The molecule has 1 heterocycles. The van der Waals surface area contributed by atoms with Crippen LogP contribution in [-0.4, -0.2) is 22.5 Å². The maximum Gasteiger partial charge on any atom is 0.251 e. The van der Waals surface area contributed by atoms with Crippen molar-refractivity contribution in [2.45, 2.75) is 51.1 Å². The molecule has 4 nitrogen and oxygen atoms in total. The van der Waals surface area contributed by atoms with Gasteiger partial charge in [-0.25, -0.2) is 0 Å². The van der Waals surface area contributed by atoms with E-state index < -0.39 is 0 Å². The lowest BCUT2D eigenvalue weighted by Gasteiger charge is -2.24. The zero-order valence-electron chi connectivity index (χ0n) is 20.2. The van der Waals surface area contributed by atoms with Gasteiger partial charge in [0.25, 0.3) is 5.91 Å². The fourth-order valence-corrected chi connectivity index (χ4v) is 5.30. The van der Waals surface area contributed by atoms with E-state index in [-0.39, 0.29) is 28.6 Å². The van der Waals surface area contributed by atoms with E-state index in [9.17, 15) is 9.59 Å². The first kappa shape index (κ1) is 24.1. The second-order valence-electron chi connectivity index (χ2n) is 9.86. The average molecular weight is 473 g/mol. The molecule has 3 aromatic carbocycles. The Kier molecular flexibility index (Phi) is 7.13. The van der Waals surface area contributed by atoms with E-state index in [0.717, 1.165) is 16.7 Å².